The Hall–Kier alpha value is -0.650. The van der Waals surface area contributed by atoms with Gasteiger partial charge in [0, 0.05) is 14.2 Å². The van der Waals surface area contributed by atoms with Gasteiger partial charge in [-0.2, -0.15) is 0 Å². The molecule has 1 unspecified atom stereocenters. The molecule has 0 amide bonds. The van der Waals surface area contributed by atoms with E-state index in [-0.39, 0.29) is 6.10 Å². The Morgan fingerprint density at radius 2 is 2.25 bits per heavy atom. The Bertz CT molecular complexity index is 139. The third-order valence-electron chi connectivity index (χ3n) is 1.46. The summed E-state index contributed by atoms with van der Waals surface area (Å²) in [5.41, 5.74) is 2.48. The second-order valence-corrected chi connectivity index (χ2v) is 2.28. The standard InChI is InChI=1S/C7H17N3O2/c1-6(12-3)7(10-8)9-4-5-11-2/h6H,4-5,8H2,1-3H3,(H,9,10). The van der Waals surface area contributed by atoms with Gasteiger partial charge >= 0.3 is 0 Å². The number of hydrazine groups is 1. The lowest BCUT2D eigenvalue weighted by molar-refractivity contribution is 0.166. The van der Waals surface area contributed by atoms with Gasteiger partial charge in [0.15, 0.2) is 0 Å². The van der Waals surface area contributed by atoms with Gasteiger partial charge in [-0.25, -0.2) is 5.84 Å². The Balaban J connectivity index is 3.86. The zero-order chi connectivity index (χ0) is 9.40. The number of nitrogens with zero attached hydrogens (tertiary/aromatic N) is 1. The number of nitrogens with one attached hydrogen (secondary N) is 1. The minimum absolute atomic E-state index is 0.105. The van der Waals surface area contributed by atoms with Gasteiger partial charge in [-0.1, -0.05) is 0 Å². The quantitative estimate of drug-likeness (QED) is 0.195. The van der Waals surface area contributed by atoms with Crippen molar-refractivity contribution >= 4 is 5.84 Å². The molecule has 0 saturated heterocycles. The van der Waals surface area contributed by atoms with Crippen molar-refractivity contribution in [2.75, 3.05) is 27.4 Å². The van der Waals surface area contributed by atoms with Crippen molar-refractivity contribution in [2.24, 2.45) is 10.8 Å². The molecule has 0 aliphatic carbocycles. The summed E-state index contributed by atoms with van der Waals surface area (Å²) in [5, 5.41) is 0. The maximum absolute atomic E-state index is 5.23. The molecule has 12 heavy (non-hydrogen) atoms. The van der Waals surface area contributed by atoms with Crippen LogP contribution in [0, 0.1) is 0 Å². The monoisotopic (exact) mass is 175 g/mol. The van der Waals surface area contributed by atoms with Crippen molar-refractivity contribution in [3.05, 3.63) is 0 Å². The van der Waals surface area contributed by atoms with Gasteiger partial charge < -0.3 is 14.9 Å². The highest BCUT2D eigenvalue weighted by atomic mass is 16.5. The molecule has 0 rings (SSSR count). The van der Waals surface area contributed by atoms with Gasteiger partial charge in [0.1, 0.15) is 11.9 Å². The number of nitrogens with two attached hydrogens (primary N) is 1. The first-order valence-corrected chi connectivity index (χ1v) is 3.79. The summed E-state index contributed by atoms with van der Waals surface area (Å²) in [6.45, 7) is 3.04. The van der Waals surface area contributed by atoms with Crippen molar-refractivity contribution in [3.8, 4) is 0 Å². The molecule has 1 atom stereocenters. The van der Waals surface area contributed by atoms with Crippen molar-refractivity contribution in [1.29, 1.82) is 0 Å². The summed E-state index contributed by atoms with van der Waals surface area (Å²) in [5.74, 6) is 5.86. The minimum Gasteiger partial charge on any atom is -0.383 e. The highest BCUT2D eigenvalue weighted by Gasteiger charge is 2.05. The van der Waals surface area contributed by atoms with E-state index in [9.17, 15) is 0 Å². The van der Waals surface area contributed by atoms with Gasteiger partial charge in [-0.3, -0.25) is 4.99 Å². The maximum Gasteiger partial charge on any atom is 0.140 e. The van der Waals surface area contributed by atoms with E-state index in [0.29, 0.717) is 19.0 Å². The number of amidine groups is 1. The minimum atomic E-state index is -0.105. The molecule has 0 aromatic rings. The lowest BCUT2D eigenvalue weighted by Crippen LogP contribution is -2.39. The van der Waals surface area contributed by atoms with Gasteiger partial charge in [0.05, 0.1) is 13.2 Å². The molecule has 0 aromatic heterocycles. The topological polar surface area (TPSA) is 68.9 Å². The lowest BCUT2D eigenvalue weighted by Gasteiger charge is -2.11. The number of ether oxygens (including phenoxy) is 2. The number of rotatable bonds is 5. The molecule has 0 fully saturated rings. The van der Waals surface area contributed by atoms with E-state index in [0.717, 1.165) is 0 Å². The third kappa shape index (κ3) is 4.27. The summed E-state index contributed by atoms with van der Waals surface area (Å²) in [6.07, 6.45) is -0.105. The van der Waals surface area contributed by atoms with Crippen LogP contribution in [-0.2, 0) is 9.47 Å². The largest absolute Gasteiger partial charge is 0.383 e. The molecule has 0 aromatic carbocycles. The Labute approximate surface area is 72.9 Å². The van der Waals surface area contributed by atoms with Crippen LogP contribution in [0.3, 0.4) is 0 Å². The SMILES string of the molecule is COCCN=C(NN)C(C)OC. The summed E-state index contributed by atoms with van der Waals surface area (Å²) >= 11 is 0. The van der Waals surface area contributed by atoms with E-state index >= 15 is 0 Å². The molecule has 0 bridgehead atoms. The summed E-state index contributed by atoms with van der Waals surface area (Å²) in [4.78, 5) is 4.13. The lowest BCUT2D eigenvalue weighted by atomic mass is 10.4. The Kier molecular flexibility index (Phi) is 6.64. The molecule has 0 aliphatic heterocycles. The fraction of sp³-hybridized carbons (Fsp3) is 0.857. The fourth-order valence-electron chi connectivity index (χ4n) is 0.661. The highest BCUT2D eigenvalue weighted by Crippen LogP contribution is 1.89. The molecule has 0 aliphatic rings. The van der Waals surface area contributed by atoms with E-state index < -0.39 is 0 Å². The van der Waals surface area contributed by atoms with E-state index in [2.05, 4.69) is 10.4 Å². The van der Waals surface area contributed by atoms with Crippen LogP contribution in [0.4, 0.5) is 0 Å². The first kappa shape index (κ1) is 11.4. The van der Waals surface area contributed by atoms with E-state index in [4.69, 9.17) is 15.3 Å². The molecule has 0 spiro atoms. The van der Waals surface area contributed by atoms with E-state index in [1.165, 1.54) is 0 Å². The highest BCUT2D eigenvalue weighted by molar-refractivity contribution is 5.85. The van der Waals surface area contributed by atoms with Crippen LogP contribution >= 0.6 is 0 Å². The Morgan fingerprint density at radius 1 is 1.58 bits per heavy atom. The smallest absolute Gasteiger partial charge is 0.140 e. The zero-order valence-electron chi connectivity index (χ0n) is 7.83. The average molecular weight is 175 g/mol. The number of methoxy groups -OCH3 is 2. The molecule has 72 valence electrons. The first-order valence-electron chi connectivity index (χ1n) is 3.79. The van der Waals surface area contributed by atoms with Gasteiger partial charge in [0.25, 0.3) is 0 Å². The molecular weight excluding hydrogens is 158 g/mol. The van der Waals surface area contributed by atoms with Crippen LogP contribution in [0.2, 0.25) is 0 Å². The molecule has 5 heteroatoms. The zero-order valence-corrected chi connectivity index (χ0v) is 7.83. The van der Waals surface area contributed by atoms with Crippen molar-refractivity contribution in [2.45, 2.75) is 13.0 Å². The molecule has 5 nitrogen and oxygen atoms in total. The van der Waals surface area contributed by atoms with Gasteiger partial charge in [-0.05, 0) is 6.92 Å². The molecule has 3 N–H and O–H groups in total. The normalized spacial score (nSPS) is 14.5. The van der Waals surface area contributed by atoms with Gasteiger partial charge in [0.2, 0.25) is 0 Å². The second-order valence-electron chi connectivity index (χ2n) is 2.28. The summed E-state index contributed by atoms with van der Waals surface area (Å²) in [6, 6.07) is 0. The average Bonchev–Trinajstić information content (AvgIpc) is 2.11. The fourth-order valence-corrected chi connectivity index (χ4v) is 0.661. The number of hydrogen-bond acceptors (Lipinski definition) is 4. The van der Waals surface area contributed by atoms with Gasteiger partial charge in [-0.15, -0.1) is 0 Å². The first-order chi connectivity index (χ1) is 5.76. The van der Waals surface area contributed by atoms with Crippen molar-refractivity contribution < 1.29 is 9.47 Å². The summed E-state index contributed by atoms with van der Waals surface area (Å²) in [7, 11) is 3.23. The molecule has 0 radical (unpaired) electrons. The summed E-state index contributed by atoms with van der Waals surface area (Å²) < 4.78 is 9.85. The Morgan fingerprint density at radius 3 is 2.67 bits per heavy atom. The van der Waals surface area contributed by atoms with Crippen molar-refractivity contribution in [1.82, 2.24) is 5.43 Å². The predicted octanol–water partition coefficient (Wildman–Crippen LogP) is -0.470. The van der Waals surface area contributed by atoms with Crippen molar-refractivity contribution in [3.63, 3.8) is 0 Å². The number of hydrogen-bond donors (Lipinski definition) is 2. The second kappa shape index (κ2) is 7.02. The van der Waals surface area contributed by atoms with Crippen LogP contribution in [-0.4, -0.2) is 39.3 Å². The maximum atomic E-state index is 5.23. The van der Waals surface area contributed by atoms with Crippen LogP contribution in [0.25, 0.3) is 0 Å². The van der Waals surface area contributed by atoms with Crippen LogP contribution < -0.4 is 11.3 Å². The molecule has 0 heterocycles. The van der Waals surface area contributed by atoms with Crippen LogP contribution in [0.1, 0.15) is 6.92 Å². The van der Waals surface area contributed by atoms with E-state index in [1.54, 1.807) is 14.2 Å². The third-order valence-corrected chi connectivity index (χ3v) is 1.46. The van der Waals surface area contributed by atoms with E-state index in [1.807, 2.05) is 6.92 Å². The predicted molar refractivity (Wildman–Crippen MR) is 48.0 cm³/mol. The molecular formula is C7H17N3O2. The molecule has 0 saturated carbocycles. The van der Waals surface area contributed by atoms with Crippen LogP contribution in [0.15, 0.2) is 4.99 Å². The van der Waals surface area contributed by atoms with Crippen LogP contribution in [0.5, 0.6) is 0 Å². The number of aliphatic imine (C=N–C) groups is 1.